The van der Waals surface area contributed by atoms with Crippen LogP contribution in [0.3, 0.4) is 0 Å². The molecule has 4 heteroatoms. The van der Waals surface area contributed by atoms with Crippen molar-refractivity contribution in [1.29, 1.82) is 0 Å². The number of thioether (sulfide) groups is 1. The molecule has 0 saturated heterocycles. The molecular formula is C16H15NO2S. The van der Waals surface area contributed by atoms with E-state index in [4.69, 9.17) is 5.11 Å². The van der Waals surface area contributed by atoms with Crippen LogP contribution in [0, 0.1) is 0 Å². The molecule has 0 saturated carbocycles. The van der Waals surface area contributed by atoms with Crippen LogP contribution in [0.25, 0.3) is 0 Å². The van der Waals surface area contributed by atoms with Crippen molar-refractivity contribution >= 4 is 23.4 Å². The molecule has 2 aromatic rings. The number of aliphatic hydroxyl groups excluding tert-OH is 1. The Morgan fingerprint density at radius 1 is 1.20 bits per heavy atom. The molecule has 0 bridgehead atoms. The van der Waals surface area contributed by atoms with Gasteiger partial charge in [-0.3, -0.25) is 4.79 Å². The number of rotatable bonds is 3. The summed E-state index contributed by atoms with van der Waals surface area (Å²) >= 11 is 1.62. The van der Waals surface area contributed by atoms with E-state index in [0.717, 1.165) is 17.7 Å². The quantitative estimate of drug-likeness (QED) is 0.911. The summed E-state index contributed by atoms with van der Waals surface area (Å²) in [5.41, 5.74) is 2.85. The van der Waals surface area contributed by atoms with Crippen LogP contribution in [0.15, 0.2) is 53.4 Å². The van der Waals surface area contributed by atoms with Crippen molar-refractivity contribution in [2.45, 2.75) is 23.2 Å². The standard InChI is InChI=1S/C16H15NO2S/c18-10-11-5-7-13(8-6-11)17-16(19)15-9-12-3-1-2-4-14(12)20-15/h1-8,15,18H,9-10H2,(H,17,19). The highest BCUT2D eigenvalue weighted by Crippen LogP contribution is 2.37. The molecule has 2 aromatic carbocycles. The summed E-state index contributed by atoms with van der Waals surface area (Å²) < 4.78 is 0. The molecule has 1 unspecified atom stereocenters. The lowest BCUT2D eigenvalue weighted by Gasteiger charge is -2.10. The Bertz CT molecular complexity index is 600. The molecule has 0 radical (unpaired) electrons. The predicted octanol–water partition coefficient (Wildman–Crippen LogP) is 2.83. The van der Waals surface area contributed by atoms with Gasteiger partial charge in [-0.05, 0) is 35.7 Å². The van der Waals surface area contributed by atoms with Gasteiger partial charge in [-0.1, -0.05) is 30.3 Å². The minimum atomic E-state index is -0.0649. The van der Waals surface area contributed by atoms with Crippen LogP contribution >= 0.6 is 11.8 Å². The average molecular weight is 285 g/mol. The first kappa shape index (κ1) is 13.2. The molecule has 0 aromatic heterocycles. The van der Waals surface area contributed by atoms with Crippen molar-refractivity contribution in [2.24, 2.45) is 0 Å². The average Bonchev–Trinajstić information content (AvgIpc) is 2.92. The first-order valence-electron chi connectivity index (χ1n) is 6.51. The highest BCUT2D eigenvalue weighted by Gasteiger charge is 2.27. The van der Waals surface area contributed by atoms with Gasteiger partial charge in [-0.25, -0.2) is 0 Å². The number of hydrogen-bond donors (Lipinski definition) is 2. The Balaban J connectivity index is 1.66. The third kappa shape index (κ3) is 2.71. The minimum absolute atomic E-state index is 0.0159. The van der Waals surface area contributed by atoms with Crippen LogP contribution in [-0.2, 0) is 17.8 Å². The summed E-state index contributed by atoms with van der Waals surface area (Å²) in [5, 5.41) is 11.9. The molecule has 1 aliphatic rings. The topological polar surface area (TPSA) is 49.3 Å². The highest BCUT2D eigenvalue weighted by molar-refractivity contribution is 8.01. The van der Waals surface area contributed by atoms with E-state index < -0.39 is 0 Å². The Morgan fingerprint density at radius 3 is 2.65 bits per heavy atom. The van der Waals surface area contributed by atoms with Crippen LogP contribution in [-0.4, -0.2) is 16.3 Å². The molecular weight excluding hydrogens is 270 g/mol. The fourth-order valence-electron chi connectivity index (χ4n) is 2.24. The van der Waals surface area contributed by atoms with Gasteiger partial charge in [0, 0.05) is 10.6 Å². The van der Waals surface area contributed by atoms with E-state index in [-0.39, 0.29) is 17.8 Å². The van der Waals surface area contributed by atoms with E-state index >= 15 is 0 Å². The Morgan fingerprint density at radius 2 is 1.95 bits per heavy atom. The van der Waals surface area contributed by atoms with E-state index in [0.29, 0.717) is 0 Å². The summed E-state index contributed by atoms with van der Waals surface area (Å²) in [7, 11) is 0. The maximum absolute atomic E-state index is 12.3. The number of carbonyl (C=O) groups is 1. The Labute approximate surface area is 122 Å². The van der Waals surface area contributed by atoms with Gasteiger partial charge < -0.3 is 10.4 Å². The van der Waals surface area contributed by atoms with Crippen molar-refractivity contribution in [3.8, 4) is 0 Å². The fraction of sp³-hybridized carbons (Fsp3) is 0.188. The van der Waals surface area contributed by atoms with Crippen molar-refractivity contribution < 1.29 is 9.90 Å². The number of anilines is 1. The highest BCUT2D eigenvalue weighted by atomic mass is 32.2. The number of nitrogens with one attached hydrogen (secondary N) is 1. The van der Waals surface area contributed by atoms with Crippen molar-refractivity contribution in [2.75, 3.05) is 5.32 Å². The molecule has 0 fully saturated rings. The third-order valence-electron chi connectivity index (χ3n) is 3.34. The first-order chi connectivity index (χ1) is 9.76. The second-order valence-electron chi connectivity index (χ2n) is 4.76. The Kier molecular flexibility index (Phi) is 3.76. The van der Waals surface area contributed by atoms with Gasteiger partial charge in [0.15, 0.2) is 0 Å². The molecule has 20 heavy (non-hydrogen) atoms. The summed E-state index contributed by atoms with van der Waals surface area (Å²) in [6, 6.07) is 15.4. The van der Waals surface area contributed by atoms with Crippen LogP contribution in [0.2, 0.25) is 0 Å². The van der Waals surface area contributed by atoms with Crippen molar-refractivity contribution in [1.82, 2.24) is 0 Å². The molecule has 102 valence electrons. The maximum Gasteiger partial charge on any atom is 0.238 e. The second-order valence-corrected chi connectivity index (χ2v) is 6.01. The lowest BCUT2D eigenvalue weighted by Crippen LogP contribution is -2.24. The number of aliphatic hydroxyl groups is 1. The summed E-state index contributed by atoms with van der Waals surface area (Å²) in [6.45, 7) is 0.0159. The van der Waals surface area contributed by atoms with Gasteiger partial charge in [0.2, 0.25) is 5.91 Å². The molecule has 1 amide bonds. The zero-order chi connectivity index (χ0) is 13.9. The molecule has 3 rings (SSSR count). The van der Waals surface area contributed by atoms with Gasteiger partial charge in [0.25, 0.3) is 0 Å². The molecule has 1 aliphatic heterocycles. The summed E-state index contributed by atoms with van der Waals surface area (Å²) in [4.78, 5) is 13.5. The Hall–Kier alpha value is -1.78. The predicted molar refractivity (Wildman–Crippen MR) is 80.8 cm³/mol. The lowest BCUT2D eigenvalue weighted by atomic mass is 10.1. The van der Waals surface area contributed by atoms with E-state index in [1.54, 1.807) is 11.8 Å². The van der Waals surface area contributed by atoms with Crippen LogP contribution in [0.5, 0.6) is 0 Å². The normalized spacial score (nSPS) is 16.8. The summed E-state index contributed by atoms with van der Waals surface area (Å²) in [5.74, 6) is 0.0305. The number of carbonyl (C=O) groups excluding carboxylic acids is 1. The van der Waals surface area contributed by atoms with Gasteiger partial charge in [0.05, 0.1) is 11.9 Å². The number of fused-ring (bicyclic) bond motifs is 1. The molecule has 1 atom stereocenters. The van der Waals surface area contributed by atoms with E-state index in [9.17, 15) is 4.79 Å². The molecule has 1 heterocycles. The number of hydrogen-bond acceptors (Lipinski definition) is 3. The third-order valence-corrected chi connectivity index (χ3v) is 4.66. The van der Waals surface area contributed by atoms with Crippen molar-refractivity contribution in [3.05, 3.63) is 59.7 Å². The van der Waals surface area contributed by atoms with Crippen molar-refractivity contribution in [3.63, 3.8) is 0 Å². The largest absolute Gasteiger partial charge is 0.392 e. The van der Waals surface area contributed by atoms with Crippen LogP contribution in [0.1, 0.15) is 11.1 Å². The smallest absolute Gasteiger partial charge is 0.238 e. The summed E-state index contributed by atoms with van der Waals surface area (Å²) in [6.07, 6.45) is 0.779. The van der Waals surface area contributed by atoms with Crippen LogP contribution < -0.4 is 5.32 Å². The molecule has 2 N–H and O–H groups in total. The lowest BCUT2D eigenvalue weighted by molar-refractivity contribution is -0.115. The minimum Gasteiger partial charge on any atom is -0.392 e. The fourth-order valence-corrected chi connectivity index (χ4v) is 3.44. The van der Waals surface area contributed by atoms with E-state index in [1.165, 1.54) is 10.5 Å². The zero-order valence-electron chi connectivity index (χ0n) is 10.9. The molecule has 0 spiro atoms. The number of benzene rings is 2. The van der Waals surface area contributed by atoms with E-state index in [2.05, 4.69) is 17.4 Å². The van der Waals surface area contributed by atoms with Gasteiger partial charge in [-0.2, -0.15) is 0 Å². The SMILES string of the molecule is O=C(Nc1ccc(CO)cc1)C1Cc2ccccc2S1. The molecule has 0 aliphatic carbocycles. The van der Waals surface area contributed by atoms with Crippen LogP contribution in [0.4, 0.5) is 5.69 Å². The van der Waals surface area contributed by atoms with E-state index in [1.807, 2.05) is 36.4 Å². The van der Waals surface area contributed by atoms with Gasteiger partial charge >= 0.3 is 0 Å². The number of amides is 1. The first-order valence-corrected chi connectivity index (χ1v) is 7.39. The van der Waals surface area contributed by atoms with Gasteiger partial charge in [-0.15, -0.1) is 11.8 Å². The second kappa shape index (κ2) is 5.69. The maximum atomic E-state index is 12.3. The zero-order valence-corrected chi connectivity index (χ0v) is 11.7. The monoisotopic (exact) mass is 285 g/mol. The van der Waals surface area contributed by atoms with Gasteiger partial charge in [0.1, 0.15) is 0 Å². The molecule has 3 nitrogen and oxygen atoms in total.